The minimum Gasteiger partial charge on any atom is -0.381 e. The molecule has 1 spiro atoms. The summed E-state index contributed by atoms with van der Waals surface area (Å²) in [7, 11) is 0. The Morgan fingerprint density at radius 1 is 1.12 bits per heavy atom. The molecule has 2 unspecified atom stereocenters. The zero-order valence-electron chi connectivity index (χ0n) is 26.3. The Morgan fingerprint density at radius 3 is 2.50 bits per heavy atom. The topological polar surface area (TPSA) is 65.1 Å². The van der Waals surface area contributed by atoms with Crippen LogP contribution in [0.5, 0.6) is 0 Å². The van der Waals surface area contributed by atoms with Crippen LogP contribution in [0.25, 0.3) is 0 Å². The highest BCUT2D eigenvalue weighted by Crippen LogP contribution is 2.44. The smallest absolute Gasteiger partial charge is 0.320 e. The Labute approximate surface area is 254 Å². The molecule has 0 bridgehead atoms. The van der Waals surface area contributed by atoms with E-state index in [9.17, 15) is 9.59 Å². The van der Waals surface area contributed by atoms with Crippen LogP contribution >= 0.6 is 0 Å². The molecule has 42 heavy (non-hydrogen) atoms. The molecule has 4 aliphatic rings. The van der Waals surface area contributed by atoms with Crippen LogP contribution < -0.4 is 5.32 Å². The van der Waals surface area contributed by atoms with E-state index in [1.807, 2.05) is 12.3 Å². The maximum absolute atomic E-state index is 13.7. The lowest BCUT2D eigenvalue weighted by atomic mass is 9.82. The summed E-state index contributed by atoms with van der Waals surface area (Å²) in [5, 5.41) is 3.44. The van der Waals surface area contributed by atoms with Crippen molar-refractivity contribution in [1.29, 1.82) is 0 Å². The second kappa shape index (κ2) is 13.8. The van der Waals surface area contributed by atoms with Crippen LogP contribution in [-0.4, -0.2) is 77.1 Å². The first kappa shape index (κ1) is 30.9. The minimum absolute atomic E-state index is 0.0222. The summed E-state index contributed by atoms with van der Waals surface area (Å²) in [6.07, 6.45) is 12.2. The van der Waals surface area contributed by atoms with E-state index in [4.69, 9.17) is 4.74 Å². The van der Waals surface area contributed by atoms with Crippen molar-refractivity contribution in [2.24, 2.45) is 17.8 Å². The molecule has 3 atom stereocenters. The third-order valence-electron chi connectivity index (χ3n) is 10.7. The summed E-state index contributed by atoms with van der Waals surface area (Å²) in [5.74, 6) is 1.60. The Balaban J connectivity index is 1.23. The first-order valence-electron chi connectivity index (χ1n) is 16.7. The van der Waals surface area contributed by atoms with Crippen molar-refractivity contribution in [1.82, 2.24) is 20.0 Å². The van der Waals surface area contributed by atoms with Crippen molar-refractivity contribution >= 4 is 11.9 Å². The first-order chi connectivity index (χ1) is 20.3. The predicted octanol–water partition coefficient (Wildman–Crippen LogP) is 6.37. The van der Waals surface area contributed by atoms with Crippen molar-refractivity contribution in [3.05, 3.63) is 48.7 Å². The maximum atomic E-state index is 13.7. The fourth-order valence-corrected chi connectivity index (χ4v) is 8.25. The van der Waals surface area contributed by atoms with E-state index in [-0.39, 0.29) is 35.5 Å². The molecular weight excluding hydrogens is 524 g/mol. The van der Waals surface area contributed by atoms with Gasteiger partial charge in [0.2, 0.25) is 5.91 Å². The Kier molecular flexibility index (Phi) is 10.2. The zero-order chi connectivity index (χ0) is 29.7. The molecule has 0 radical (unpaired) electrons. The third kappa shape index (κ3) is 6.98. The third-order valence-corrected chi connectivity index (χ3v) is 10.7. The summed E-state index contributed by atoms with van der Waals surface area (Å²) < 4.78 is 5.57. The Hall–Kier alpha value is -2.54. The molecule has 3 amide bonds. The lowest BCUT2D eigenvalue weighted by Crippen LogP contribution is -2.50. The monoisotopic (exact) mass is 578 g/mol. The predicted molar refractivity (Wildman–Crippen MR) is 168 cm³/mol. The molecule has 1 aromatic rings. The highest BCUT2D eigenvalue weighted by Gasteiger charge is 2.54. The van der Waals surface area contributed by atoms with Gasteiger partial charge in [-0.25, -0.2) is 4.79 Å². The van der Waals surface area contributed by atoms with Gasteiger partial charge in [0.1, 0.15) is 0 Å². The lowest BCUT2D eigenvalue weighted by Gasteiger charge is -2.38. The largest absolute Gasteiger partial charge is 0.381 e. The van der Waals surface area contributed by atoms with Gasteiger partial charge < -0.3 is 24.8 Å². The van der Waals surface area contributed by atoms with Crippen LogP contribution in [0.15, 0.2) is 43.1 Å². The van der Waals surface area contributed by atoms with Gasteiger partial charge in [0.15, 0.2) is 0 Å². The number of nitrogens with zero attached hydrogens (tertiary/aromatic N) is 3. The summed E-state index contributed by atoms with van der Waals surface area (Å²) >= 11 is 0. The standard InChI is InChI=1S/C35H54N4O3/c1-5-37(20-16-32(29-9-7-6-8-10-29)36-33(40)30-13-11-27(4)12-14-30)31-15-19-35(23-31)25-38(34(41)39(35)26(2)3)24-28-17-21-42-22-18-28/h5-10,26-28,30-32H,1,11-25H2,2-4H3,(H,36,40)/t27?,30?,31?,32-,35?/m0/s1. The maximum Gasteiger partial charge on any atom is 0.320 e. The number of hydrogen-bond acceptors (Lipinski definition) is 4. The first-order valence-corrected chi connectivity index (χ1v) is 16.7. The molecule has 2 aliphatic carbocycles. The van der Waals surface area contributed by atoms with Crippen LogP contribution in [0.2, 0.25) is 0 Å². The van der Waals surface area contributed by atoms with E-state index in [1.165, 1.54) is 0 Å². The van der Waals surface area contributed by atoms with E-state index >= 15 is 0 Å². The second-order valence-corrected chi connectivity index (χ2v) is 13.9. The number of urea groups is 1. The number of benzene rings is 1. The van der Waals surface area contributed by atoms with Crippen molar-refractivity contribution in [2.45, 2.75) is 109 Å². The van der Waals surface area contributed by atoms with E-state index in [1.54, 1.807) is 0 Å². The zero-order valence-corrected chi connectivity index (χ0v) is 26.3. The van der Waals surface area contributed by atoms with Crippen LogP contribution in [0.1, 0.15) is 96.6 Å². The molecule has 7 nitrogen and oxygen atoms in total. The summed E-state index contributed by atoms with van der Waals surface area (Å²) in [6.45, 7) is 15.0. The van der Waals surface area contributed by atoms with Gasteiger partial charge in [-0.3, -0.25) is 4.79 Å². The van der Waals surface area contributed by atoms with Crippen LogP contribution in [0, 0.1) is 17.8 Å². The van der Waals surface area contributed by atoms with Gasteiger partial charge in [0.05, 0.1) is 11.6 Å². The molecule has 0 aromatic heterocycles. The van der Waals surface area contributed by atoms with Gasteiger partial charge in [-0.1, -0.05) is 43.8 Å². The summed E-state index contributed by atoms with van der Waals surface area (Å²) in [4.78, 5) is 33.8. The summed E-state index contributed by atoms with van der Waals surface area (Å²) in [6, 6.07) is 11.1. The van der Waals surface area contributed by atoms with Crippen LogP contribution in [0.4, 0.5) is 4.79 Å². The number of rotatable bonds is 11. The van der Waals surface area contributed by atoms with Crippen molar-refractivity contribution in [3.8, 4) is 0 Å². The molecule has 2 saturated heterocycles. The average molecular weight is 579 g/mol. The number of ether oxygens (including phenoxy) is 1. The van der Waals surface area contributed by atoms with Crippen LogP contribution in [-0.2, 0) is 9.53 Å². The lowest BCUT2D eigenvalue weighted by molar-refractivity contribution is -0.127. The number of hydrogen-bond donors (Lipinski definition) is 1. The SMILES string of the molecule is C=CN(CC[C@H](NC(=O)C1CCC(C)CC1)c1ccccc1)C1CCC2(C1)CN(CC1CCOCC1)C(=O)N2C(C)C. The highest BCUT2D eigenvalue weighted by molar-refractivity contribution is 5.79. The van der Waals surface area contributed by atoms with Gasteiger partial charge in [0.25, 0.3) is 0 Å². The normalized spacial score (nSPS) is 29.3. The quantitative estimate of drug-likeness (QED) is 0.331. The second-order valence-electron chi connectivity index (χ2n) is 13.9. The molecule has 7 heteroatoms. The molecule has 4 fully saturated rings. The molecule has 1 N–H and O–H groups in total. The van der Waals surface area contributed by atoms with Crippen molar-refractivity contribution in [2.75, 3.05) is 32.8 Å². The Bertz CT molecular complexity index is 1050. The number of carbonyl (C=O) groups excluding carboxylic acids is 2. The van der Waals surface area contributed by atoms with Gasteiger partial charge in [-0.15, -0.1) is 0 Å². The molecule has 1 aromatic carbocycles. The van der Waals surface area contributed by atoms with Crippen molar-refractivity contribution < 1.29 is 14.3 Å². The van der Waals surface area contributed by atoms with Crippen molar-refractivity contribution in [3.63, 3.8) is 0 Å². The molecular formula is C35H54N4O3. The van der Waals surface area contributed by atoms with E-state index in [2.05, 4.69) is 71.6 Å². The van der Waals surface area contributed by atoms with E-state index in [0.29, 0.717) is 12.0 Å². The fourth-order valence-electron chi connectivity index (χ4n) is 8.25. The van der Waals surface area contributed by atoms with E-state index < -0.39 is 0 Å². The van der Waals surface area contributed by atoms with Gasteiger partial charge >= 0.3 is 6.03 Å². The van der Waals surface area contributed by atoms with E-state index in [0.717, 1.165) is 109 Å². The number of nitrogens with one attached hydrogen (secondary N) is 1. The fraction of sp³-hybridized carbons (Fsp3) is 0.714. The average Bonchev–Trinajstić information content (AvgIpc) is 3.53. The van der Waals surface area contributed by atoms with Gasteiger partial charge in [-0.05, 0) is 102 Å². The van der Waals surface area contributed by atoms with Gasteiger partial charge in [-0.2, -0.15) is 0 Å². The summed E-state index contributed by atoms with van der Waals surface area (Å²) in [5.41, 5.74) is 1.05. The number of amides is 3. The molecule has 5 rings (SSSR count). The van der Waals surface area contributed by atoms with Crippen LogP contribution in [0.3, 0.4) is 0 Å². The molecule has 2 aliphatic heterocycles. The van der Waals surface area contributed by atoms with Gasteiger partial charge in [0, 0.05) is 50.8 Å². The molecule has 232 valence electrons. The Morgan fingerprint density at radius 2 is 1.83 bits per heavy atom. The molecule has 2 heterocycles. The molecule has 2 saturated carbocycles. The highest BCUT2D eigenvalue weighted by atomic mass is 16.5. The number of carbonyl (C=O) groups is 2. The minimum atomic E-state index is -0.118.